The first kappa shape index (κ1) is 11.1. The zero-order valence-corrected chi connectivity index (χ0v) is 9.88. The van der Waals surface area contributed by atoms with Gasteiger partial charge in [0.2, 0.25) is 0 Å². The maximum atomic E-state index is 12.3. The number of fused-ring (bicyclic) bond motifs is 5. The van der Waals surface area contributed by atoms with Crippen LogP contribution in [0.1, 0.15) is 23.3 Å². The zero-order valence-electron chi connectivity index (χ0n) is 8.29. The van der Waals surface area contributed by atoms with Crippen LogP contribution >= 0.6 is 15.9 Å². The van der Waals surface area contributed by atoms with Crippen LogP contribution in [0.4, 0.5) is 13.2 Å². The summed E-state index contributed by atoms with van der Waals surface area (Å²) in [6.07, 6.45) is -3.60. The van der Waals surface area contributed by atoms with Crippen molar-refractivity contribution in [2.24, 2.45) is 0 Å². The van der Waals surface area contributed by atoms with Gasteiger partial charge in [0.15, 0.2) is 0 Å². The molecule has 1 aromatic carbocycles. The average molecular weight is 307 g/mol. The smallest absolute Gasteiger partial charge is 0.405 e. The number of hydrogen-bond acceptors (Lipinski definition) is 2. The molecular formula is C11H6BrF3O2. The number of ether oxygens (including phenoxy) is 2. The molecule has 0 fully saturated rings. The van der Waals surface area contributed by atoms with E-state index in [1.165, 1.54) is 12.1 Å². The molecule has 0 radical (unpaired) electrons. The minimum Gasteiger partial charge on any atom is -0.405 e. The highest BCUT2D eigenvalue weighted by atomic mass is 79.9. The van der Waals surface area contributed by atoms with Crippen LogP contribution in [0, 0.1) is 0 Å². The summed E-state index contributed by atoms with van der Waals surface area (Å²) in [7, 11) is 0. The Kier molecular flexibility index (Phi) is 2.28. The van der Waals surface area contributed by atoms with Gasteiger partial charge in [0.25, 0.3) is 0 Å². The topological polar surface area (TPSA) is 18.5 Å². The molecule has 0 aliphatic carbocycles. The molecule has 2 aliphatic rings. The van der Waals surface area contributed by atoms with Gasteiger partial charge in [-0.2, -0.15) is 0 Å². The Labute approximate surface area is 103 Å². The molecule has 90 valence electrons. The standard InChI is InChI=1S/C11H6BrF3O2/c12-6-4-8-5-2-1-3-7(17-11(13,14)15)9(5)10(6)16-8/h1-4,8,10H/t8-,10+/m0/s1. The molecule has 2 bridgehead atoms. The number of alkyl halides is 3. The van der Waals surface area contributed by atoms with Gasteiger partial charge < -0.3 is 9.47 Å². The third-order valence-electron chi connectivity index (χ3n) is 2.74. The molecule has 17 heavy (non-hydrogen) atoms. The maximum Gasteiger partial charge on any atom is 0.573 e. The summed E-state index contributed by atoms with van der Waals surface area (Å²) in [4.78, 5) is 0. The van der Waals surface area contributed by atoms with Crippen LogP contribution in [0.2, 0.25) is 0 Å². The lowest BCUT2D eigenvalue weighted by Gasteiger charge is -2.16. The highest BCUT2D eigenvalue weighted by Crippen LogP contribution is 2.55. The van der Waals surface area contributed by atoms with Crippen LogP contribution in [-0.4, -0.2) is 6.36 Å². The summed E-state index contributed by atoms with van der Waals surface area (Å²) in [6.45, 7) is 0. The molecule has 2 nitrogen and oxygen atoms in total. The lowest BCUT2D eigenvalue weighted by molar-refractivity contribution is -0.275. The number of benzene rings is 1. The fraction of sp³-hybridized carbons (Fsp3) is 0.273. The summed E-state index contributed by atoms with van der Waals surface area (Å²) >= 11 is 3.28. The molecule has 3 rings (SSSR count). The van der Waals surface area contributed by atoms with E-state index in [-0.39, 0.29) is 11.9 Å². The van der Waals surface area contributed by atoms with E-state index in [2.05, 4.69) is 20.7 Å². The first-order valence-electron chi connectivity index (χ1n) is 4.87. The zero-order chi connectivity index (χ0) is 12.2. The van der Waals surface area contributed by atoms with Crippen molar-refractivity contribution in [1.29, 1.82) is 0 Å². The predicted octanol–water partition coefficient (Wildman–Crippen LogP) is 3.99. The molecule has 2 atom stereocenters. The van der Waals surface area contributed by atoms with Crippen molar-refractivity contribution < 1.29 is 22.6 Å². The molecule has 0 spiro atoms. The van der Waals surface area contributed by atoms with Crippen LogP contribution in [0.15, 0.2) is 28.8 Å². The van der Waals surface area contributed by atoms with Gasteiger partial charge in [0.1, 0.15) is 18.0 Å². The summed E-state index contributed by atoms with van der Waals surface area (Å²) in [6, 6.07) is 4.58. The fourth-order valence-electron chi connectivity index (χ4n) is 2.16. The third kappa shape index (κ3) is 1.75. The number of rotatable bonds is 1. The number of hydrogen-bond donors (Lipinski definition) is 0. The second kappa shape index (κ2) is 3.49. The Bertz CT molecular complexity index is 510. The van der Waals surface area contributed by atoms with Gasteiger partial charge in [0.05, 0.1) is 0 Å². The van der Waals surface area contributed by atoms with E-state index in [9.17, 15) is 13.2 Å². The monoisotopic (exact) mass is 306 g/mol. The number of halogens is 4. The van der Waals surface area contributed by atoms with E-state index >= 15 is 0 Å². The van der Waals surface area contributed by atoms with Crippen molar-refractivity contribution in [1.82, 2.24) is 0 Å². The average Bonchev–Trinajstić information content (AvgIpc) is 2.73. The van der Waals surface area contributed by atoms with Crippen LogP contribution < -0.4 is 4.74 Å². The summed E-state index contributed by atoms with van der Waals surface area (Å²) in [5.74, 6) is -0.187. The molecule has 6 heteroatoms. The Balaban J connectivity index is 2.05. The molecule has 0 N–H and O–H groups in total. The Morgan fingerprint density at radius 3 is 2.76 bits per heavy atom. The molecule has 0 amide bonds. The molecule has 0 aromatic heterocycles. The second-order valence-electron chi connectivity index (χ2n) is 3.80. The summed E-state index contributed by atoms with van der Waals surface area (Å²) in [5, 5.41) is 0. The van der Waals surface area contributed by atoms with E-state index in [1.807, 2.05) is 6.08 Å². The van der Waals surface area contributed by atoms with Crippen molar-refractivity contribution in [2.45, 2.75) is 18.6 Å². The molecular weight excluding hydrogens is 301 g/mol. The van der Waals surface area contributed by atoms with Crippen LogP contribution in [0.3, 0.4) is 0 Å². The van der Waals surface area contributed by atoms with E-state index < -0.39 is 12.5 Å². The SMILES string of the molecule is FC(F)(F)Oc1cccc2c1[C@@H]1O[C@H]2C=C1Br. The molecule has 0 saturated heterocycles. The summed E-state index contributed by atoms with van der Waals surface area (Å²) < 4.78 is 47.1. The van der Waals surface area contributed by atoms with Gasteiger partial charge in [-0.3, -0.25) is 0 Å². The largest absolute Gasteiger partial charge is 0.573 e. The van der Waals surface area contributed by atoms with Crippen LogP contribution in [0.5, 0.6) is 5.75 Å². The van der Waals surface area contributed by atoms with Crippen molar-refractivity contribution in [3.8, 4) is 5.75 Å². The van der Waals surface area contributed by atoms with Gasteiger partial charge in [-0.05, 0) is 17.7 Å². The Morgan fingerprint density at radius 2 is 2.06 bits per heavy atom. The molecule has 1 aromatic rings. The van der Waals surface area contributed by atoms with E-state index in [0.717, 1.165) is 10.0 Å². The van der Waals surface area contributed by atoms with Crippen molar-refractivity contribution in [3.05, 3.63) is 39.9 Å². The maximum absolute atomic E-state index is 12.3. The molecule has 0 unspecified atom stereocenters. The van der Waals surface area contributed by atoms with Crippen LogP contribution in [0.25, 0.3) is 0 Å². The lowest BCUT2D eigenvalue weighted by atomic mass is 9.96. The minimum absolute atomic E-state index is 0.187. The molecule has 2 heterocycles. The highest BCUT2D eigenvalue weighted by molar-refractivity contribution is 9.11. The third-order valence-corrected chi connectivity index (χ3v) is 3.42. The van der Waals surface area contributed by atoms with E-state index in [1.54, 1.807) is 6.07 Å². The first-order chi connectivity index (χ1) is 7.96. The lowest BCUT2D eigenvalue weighted by Crippen LogP contribution is -2.18. The van der Waals surface area contributed by atoms with Crippen molar-refractivity contribution in [3.63, 3.8) is 0 Å². The molecule has 0 saturated carbocycles. The van der Waals surface area contributed by atoms with Crippen molar-refractivity contribution in [2.75, 3.05) is 0 Å². The fourth-order valence-corrected chi connectivity index (χ4v) is 2.73. The Hall–Kier alpha value is -1.01. The highest BCUT2D eigenvalue weighted by Gasteiger charge is 2.42. The van der Waals surface area contributed by atoms with Crippen LogP contribution in [-0.2, 0) is 4.74 Å². The minimum atomic E-state index is -4.69. The van der Waals surface area contributed by atoms with Gasteiger partial charge in [0, 0.05) is 10.0 Å². The summed E-state index contributed by atoms with van der Waals surface area (Å²) in [5.41, 5.74) is 1.20. The van der Waals surface area contributed by atoms with Crippen molar-refractivity contribution >= 4 is 15.9 Å². The van der Waals surface area contributed by atoms with E-state index in [4.69, 9.17) is 4.74 Å². The normalized spacial score (nSPS) is 25.8. The van der Waals surface area contributed by atoms with Gasteiger partial charge in [-0.25, -0.2) is 0 Å². The first-order valence-corrected chi connectivity index (χ1v) is 5.66. The van der Waals surface area contributed by atoms with E-state index in [0.29, 0.717) is 5.56 Å². The predicted molar refractivity (Wildman–Crippen MR) is 56.7 cm³/mol. The van der Waals surface area contributed by atoms with Gasteiger partial charge in [-0.15, -0.1) is 13.2 Å². The van der Waals surface area contributed by atoms with Gasteiger partial charge >= 0.3 is 6.36 Å². The second-order valence-corrected chi connectivity index (χ2v) is 4.71. The quantitative estimate of drug-likeness (QED) is 0.781. The van der Waals surface area contributed by atoms with Gasteiger partial charge in [-0.1, -0.05) is 28.1 Å². The molecule has 2 aliphatic heterocycles. The Morgan fingerprint density at radius 1 is 1.29 bits per heavy atom.